The summed E-state index contributed by atoms with van der Waals surface area (Å²) in [5.41, 5.74) is 4.58. The number of hydrogen-bond donors (Lipinski definition) is 3. The van der Waals surface area contributed by atoms with E-state index in [1.54, 1.807) is 12.1 Å². The average Bonchev–Trinajstić information content (AvgIpc) is 2.76. The minimum atomic E-state index is -3.73. The minimum Gasteiger partial charge on any atom is -0.348 e. The number of carbonyl (C=O) groups is 2. The van der Waals surface area contributed by atoms with E-state index in [0.717, 1.165) is 24.0 Å². The lowest BCUT2D eigenvalue weighted by Gasteiger charge is -2.21. The van der Waals surface area contributed by atoms with Crippen molar-refractivity contribution in [3.8, 4) is 0 Å². The highest BCUT2D eigenvalue weighted by Gasteiger charge is 2.20. The van der Waals surface area contributed by atoms with Crippen LogP contribution in [-0.4, -0.2) is 26.8 Å². The smallest absolute Gasteiger partial charge is 0.309 e. The number of amides is 2. The van der Waals surface area contributed by atoms with Gasteiger partial charge in [0.15, 0.2) is 0 Å². The van der Waals surface area contributed by atoms with E-state index in [9.17, 15) is 18.0 Å². The Hall–Kier alpha value is -2.71. The van der Waals surface area contributed by atoms with E-state index >= 15 is 0 Å². The first-order valence-electron chi connectivity index (χ1n) is 10.6. The molecule has 0 aliphatic heterocycles. The van der Waals surface area contributed by atoms with E-state index in [2.05, 4.69) is 22.8 Å². The Labute approximate surface area is 183 Å². The van der Waals surface area contributed by atoms with Crippen LogP contribution in [0.1, 0.15) is 54.5 Å². The Balaban J connectivity index is 1.52. The molecular weight excluding hydrogens is 414 g/mol. The number of carbonyl (C=O) groups excluding carboxylic acids is 2. The SMILES string of the molecule is CCC(NC(=O)C(=O)NCCc1ccc(S(N)(=O)=O)cc1)c1ccc2c(c1)CCCC2. The van der Waals surface area contributed by atoms with Crippen molar-refractivity contribution in [2.24, 2.45) is 5.14 Å². The second-order valence-electron chi connectivity index (χ2n) is 7.86. The molecule has 1 aliphatic rings. The summed E-state index contributed by atoms with van der Waals surface area (Å²) in [5.74, 6) is -1.34. The molecule has 0 heterocycles. The number of nitrogens with two attached hydrogens (primary N) is 1. The first-order valence-corrected chi connectivity index (χ1v) is 12.1. The van der Waals surface area contributed by atoms with Gasteiger partial charge in [-0.3, -0.25) is 9.59 Å². The number of hydrogen-bond acceptors (Lipinski definition) is 4. The van der Waals surface area contributed by atoms with Crippen LogP contribution in [0, 0.1) is 0 Å². The van der Waals surface area contributed by atoms with Gasteiger partial charge in [-0.2, -0.15) is 0 Å². The maximum Gasteiger partial charge on any atom is 0.309 e. The normalized spacial score (nSPS) is 14.4. The molecule has 7 nitrogen and oxygen atoms in total. The van der Waals surface area contributed by atoms with E-state index < -0.39 is 21.8 Å². The molecule has 0 fully saturated rings. The van der Waals surface area contributed by atoms with Crippen molar-refractivity contribution in [3.63, 3.8) is 0 Å². The summed E-state index contributed by atoms with van der Waals surface area (Å²) in [5, 5.41) is 10.5. The van der Waals surface area contributed by atoms with Crippen LogP contribution in [-0.2, 0) is 38.9 Å². The van der Waals surface area contributed by atoms with E-state index in [-0.39, 0.29) is 17.5 Å². The van der Waals surface area contributed by atoms with Crippen molar-refractivity contribution in [1.82, 2.24) is 10.6 Å². The molecule has 4 N–H and O–H groups in total. The topological polar surface area (TPSA) is 118 Å². The molecule has 0 saturated carbocycles. The highest BCUT2D eigenvalue weighted by Crippen LogP contribution is 2.26. The molecule has 0 radical (unpaired) electrons. The molecule has 0 spiro atoms. The van der Waals surface area contributed by atoms with Crippen LogP contribution in [0.5, 0.6) is 0 Å². The molecule has 0 bridgehead atoms. The molecular formula is C23H29N3O4S. The molecule has 31 heavy (non-hydrogen) atoms. The highest BCUT2D eigenvalue weighted by atomic mass is 32.2. The Morgan fingerprint density at radius 1 is 1.00 bits per heavy atom. The van der Waals surface area contributed by atoms with Gasteiger partial charge < -0.3 is 10.6 Å². The van der Waals surface area contributed by atoms with Crippen LogP contribution in [0.3, 0.4) is 0 Å². The second kappa shape index (κ2) is 10.1. The summed E-state index contributed by atoms with van der Waals surface area (Å²) in [4.78, 5) is 24.6. The summed E-state index contributed by atoms with van der Waals surface area (Å²) in [7, 11) is -3.73. The minimum absolute atomic E-state index is 0.0347. The monoisotopic (exact) mass is 443 g/mol. The maximum atomic E-state index is 12.4. The predicted molar refractivity (Wildman–Crippen MR) is 119 cm³/mol. The van der Waals surface area contributed by atoms with Gasteiger partial charge in [-0.15, -0.1) is 0 Å². The van der Waals surface area contributed by atoms with Gasteiger partial charge in [0.25, 0.3) is 0 Å². The van der Waals surface area contributed by atoms with E-state index in [4.69, 9.17) is 5.14 Å². The van der Waals surface area contributed by atoms with Gasteiger partial charge in [-0.05, 0) is 72.9 Å². The molecule has 166 valence electrons. The summed E-state index contributed by atoms with van der Waals surface area (Å²) in [6.07, 6.45) is 5.72. The van der Waals surface area contributed by atoms with Crippen molar-refractivity contribution in [3.05, 3.63) is 64.7 Å². The van der Waals surface area contributed by atoms with Gasteiger partial charge in [0.1, 0.15) is 0 Å². The number of benzene rings is 2. The molecule has 2 amide bonds. The van der Waals surface area contributed by atoms with E-state index in [1.165, 1.54) is 36.1 Å². The lowest BCUT2D eigenvalue weighted by atomic mass is 9.89. The quantitative estimate of drug-likeness (QED) is 0.568. The zero-order valence-corrected chi connectivity index (χ0v) is 18.5. The van der Waals surface area contributed by atoms with Crippen molar-refractivity contribution < 1.29 is 18.0 Å². The molecule has 0 aromatic heterocycles. The molecule has 1 atom stereocenters. The van der Waals surface area contributed by atoms with Crippen molar-refractivity contribution >= 4 is 21.8 Å². The van der Waals surface area contributed by atoms with Gasteiger partial charge in [0.2, 0.25) is 10.0 Å². The fourth-order valence-electron chi connectivity index (χ4n) is 3.86. The molecule has 1 aliphatic carbocycles. The van der Waals surface area contributed by atoms with Crippen LogP contribution < -0.4 is 15.8 Å². The van der Waals surface area contributed by atoms with E-state index in [1.807, 2.05) is 13.0 Å². The highest BCUT2D eigenvalue weighted by molar-refractivity contribution is 7.89. The third kappa shape index (κ3) is 6.15. The molecule has 0 saturated heterocycles. The fraction of sp³-hybridized carbons (Fsp3) is 0.391. The van der Waals surface area contributed by atoms with Gasteiger partial charge in [0.05, 0.1) is 10.9 Å². The first kappa shape index (κ1) is 23.0. The second-order valence-corrected chi connectivity index (χ2v) is 9.43. The number of fused-ring (bicyclic) bond motifs is 1. The Kier molecular flexibility index (Phi) is 7.46. The van der Waals surface area contributed by atoms with Crippen molar-refractivity contribution in [2.75, 3.05) is 6.54 Å². The van der Waals surface area contributed by atoms with Gasteiger partial charge in [-0.1, -0.05) is 37.3 Å². The Bertz CT molecular complexity index is 1050. The molecule has 2 aromatic rings. The summed E-state index contributed by atoms with van der Waals surface area (Å²) >= 11 is 0. The van der Waals surface area contributed by atoms with Crippen molar-refractivity contribution in [1.29, 1.82) is 0 Å². The van der Waals surface area contributed by atoms with Crippen LogP contribution in [0.15, 0.2) is 47.4 Å². The zero-order chi connectivity index (χ0) is 22.4. The zero-order valence-electron chi connectivity index (χ0n) is 17.7. The van der Waals surface area contributed by atoms with Crippen LogP contribution in [0.4, 0.5) is 0 Å². The Morgan fingerprint density at radius 3 is 2.32 bits per heavy atom. The maximum absolute atomic E-state index is 12.4. The largest absolute Gasteiger partial charge is 0.348 e. The Morgan fingerprint density at radius 2 is 1.68 bits per heavy atom. The number of primary sulfonamides is 1. The predicted octanol–water partition coefficient (Wildman–Crippen LogP) is 2.14. The molecule has 8 heteroatoms. The van der Waals surface area contributed by atoms with E-state index in [0.29, 0.717) is 12.8 Å². The fourth-order valence-corrected chi connectivity index (χ4v) is 4.38. The number of sulfonamides is 1. The summed E-state index contributed by atoms with van der Waals surface area (Å²) < 4.78 is 22.6. The van der Waals surface area contributed by atoms with Gasteiger partial charge in [-0.25, -0.2) is 13.6 Å². The molecule has 3 rings (SSSR count). The number of nitrogens with one attached hydrogen (secondary N) is 2. The van der Waals surface area contributed by atoms with Gasteiger partial charge in [0, 0.05) is 6.54 Å². The van der Waals surface area contributed by atoms with Crippen LogP contribution in [0.25, 0.3) is 0 Å². The van der Waals surface area contributed by atoms with Crippen LogP contribution >= 0.6 is 0 Å². The molecule has 1 unspecified atom stereocenters. The standard InChI is InChI=1S/C23H29N3O4S/c1-2-21(19-10-9-17-5-3-4-6-18(17)15-19)26-23(28)22(27)25-14-13-16-7-11-20(12-8-16)31(24,29)30/h7-12,15,21H,2-6,13-14H2,1H3,(H,25,27)(H,26,28)(H2,24,29,30). The lowest BCUT2D eigenvalue weighted by molar-refractivity contribution is -0.139. The van der Waals surface area contributed by atoms with Gasteiger partial charge >= 0.3 is 11.8 Å². The third-order valence-corrected chi connectivity index (χ3v) is 6.58. The van der Waals surface area contributed by atoms with Crippen molar-refractivity contribution in [2.45, 2.75) is 56.4 Å². The number of aryl methyl sites for hydroxylation is 2. The number of rotatable bonds is 7. The van der Waals surface area contributed by atoms with Crippen LogP contribution in [0.2, 0.25) is 0 Å². The average molecular weight is 444 g/mol. The summed E-state index contributed by atoms with van der Waals surface area (Å²) in [6, 6.07) is 12.2. The third-order valence-electron chi connectivity index (χ3n) is 5.65. The molecule has 2 aromatic carbocycles. The first-order chi connectivity index (χ1) is 14.8. The summed E-state index contributed by atoms with van der Waals surface area (Å²) in [6.45, 7) is 2.24. The lowest BCUT2D eigenvalue weighted by Crippen LogP contribution is -2.42.